The molecule has 1 N–H and O–H groups in total. The number of benzene rings is 1. The van der Waals surface area contributed by atoms with Crippen LogP contribution in [0.2, 0.25) is 0 Å². The number of hydrogen-bond acceptors (Lipinski definition) is 4. The molecule has 1 aliphatic heterocycles. The van der Waals surface area contributed by atoms with Crippen LogP contribution in [-0.2, 0) is 0 Å². The summed E-state index contributed by atoms with van der Waals surface area (Å²) in [4.78, 5) is 24.7. The van der Waals surface area contributed by atoms with Gasteiger partial charge in [0.2, 0.25) is 0 Å². The van der Waals surface area contributed by atoms with E-state index in [0.29, 0.717) is 18.0 Å². The number of nitrogens with zero attached hydrogens (tertiary/aromatic N) is 2. The molecule has 20 heavy (non-hydrogen) atoms. The molecule has 1 saturated heterocycles. The summed E-state index contributed by atoms with van der Waals surface area (Å²) in [6.07, 6.45) is 1.06. The second kappa shape index (κ2) is 6.32. The van der Waals surface area contributed by atoms with Crippen molar-refractivity contribution < 1.29 is 9.72 Å². The summed E-state index contributed by atoms with van der Waals surface area (Å²) < 4.78 is 0.228. The first-order valence-corrected chi connectivity index (χ1v) is 7.18. The largest absolute Gasteiger partial charge is 0.352 e. The molecular weight excluding hydrogens is 326 g/mol. The molecule has 1 atom stereocenters. The summed E-state index contributed by atoms with van der Waals surface area (Å²) in [5, 5.41) is 13.7. The number of hydrogen-bond donors (Lipinski definition) is 1. The molecule has 0 saturated carbocycles. The summed E-state index contributed by atoms with van der Waals surface area (Å²) in [5.74, 6) is 0.163. The molecule has 0 aliphatic carbocycles. The summed E-state index contributed by atoms with van der Waals surface area (Å²) in [5.41, 5.74) is 0.198. The zero-order valence-electron chi connectivity index (χ0n) is 11.1. The molecule has 1 amide bonds. The van der Waals surface area contributed by atoms with Gasteiger partial charge in [-0.25, -0.2) is 0 Å². The van der Waals surface area contributed by atoms with Crippen molar-refractivity contribution in [3.63, 3.8) is 0 Å². The standard InChI is InChI=1S/C13H16BrN3O3/c1-16-6-5-9(8-16)7-15-13(18)10-3-2-4-11(12(10)14)17(19)20/h2-4,9H,5-8H2,1H3,(H,15,18). The second-order valence-corrected chi connectivity index (χ2v) is 5.82. The van der Waals surface area contributed by atoms with Crippen molar-refractivity contribution in [3.8, 4) is 0 Å². The number of carbonyl (C=O) groups is 1. The first-order valence-electron chi connectivity index (χ1n) is 6.38. The SMILES string of the molecule is CN1CCC(CNC(=O)c2cccc([N+](=O)[O-])c2Br)C1. The van der Waals surface area contributed by atoms with Gasteiger partial charge in [-0.2, -0.15) is 0 Å². The predicted octanol–water partition coefficient (Wildman–Crippen LogP) is 2.04. The minimum atomic E-state index is -0.507. The van der Waals surface area contributed by atoms with E-state index in [1.807, 2.05) is 0 Å². The lowest BCUT2D eigenvalue weighted by molar-refractivity contribution is -0.385. The molecule has 0 aromatic heterocycles. The van der Waals surface area contributed by atoms with Crippen LogP contribution in [0.25, 0.3) is 0 Å². The minimum absolute atomic E-state index is 0.0988. The van der Waals surface area contributed by atoms with Gasteiger partial charge in [-0.15, -0.1) is 0 Å². The molecule has 1 aliphatic rings. The van der Waals surface area contributed by atoms with Gasteiger partial charge < -0.3 is 10.2 Å². The Morgan fingerprint density at radius 3 is 2.95 bits per heavy atom. The fraction of sp³-hybridized carbons (Fsp3) is 0.462. The molecule has 0 bridgehead atoms. The van der Waals surface area contributed by atoms with Crippen LogP contribution >= 0.6 is 15.9 Å². The molecule has 0 spiro atoms. The Morgan fingerprint density at radius 2 is 2.35 bits per heavy atom. The van der Waals surface area contributed by atoms with Gasteiger partial charge >= 0.3 is 0 Å². The van der Waals surface area contributed by atoms with E-state index in [4.69, 9.17) is 0 Å². The third-order valence-electron chi connectivity index (χ3n) is 3.46. The van der Waals surface area contributed by atoms with Crippen LogP contribution in [0, 0.1) is 16.0 Å². The highest BCUT2D eigenvalue weighted by Crippen LogP contribution is 2.28. The Hall–Kier alpha value is -1.47. The molecule has 6 nitrogen and oxygen atoms in total. The maximum Gasteiger partial charge on any atom is 0.284 e. The van der Waals surface area contributed by atoms with E-state index >= 15 is 0 Å². The fourth-order valence-corrected chi connectivity index (χ4v) is 2.95. The van der Waals surface area contributed by atoms with E-state index in [2.05, 4.69) is 33.2 Å². The highest BCUT2D eigenvalue weighted by Gasteiger charge is 2.22. The number of likely N-dealkylation sites (tertiary alicyclic amines) is 1. The zero-order chi connectivity index (χ0) is 14.7. The van der Waals surface area contributed by atoms with Crippen LogP contribution in [0.4, 0.5) is 5.69 Å². The topological polar surface area (TPSA) is 75.5 Å². The van der Waals surface area contributed by atoms with Crippen molar-refractivity contribution in [1.29, 1.82) is 0 Å². The van der Waals surface area contributed by atoms with E-state index in [0.717, 1.165) is 19.5 Å². The lowest BCUT2D eigenvalue weighted by atomic mass is 10.1. The lowest BCUT2D eigenvalue weighted by Gasteiger charge is -2.12. The Morgan fingerprint density at radius 1 is 1.60 bits per heavy atom. The number of rotatable bonds is 4. The Balaban J connectivity index is 2.02. The van der Waals surface area contributed by atoms with Gasteiger partial charge in [-0.05, 0) is 47.9 Å². The number of carbonyl (C=O) groups excluding carboxylic acids is 1. The van der Waals surface area contributed by atoms with Gasteiger partial charge in [0.15, 0.2) is 0 Å². The van der Waals surface area contributed by atoms with Crippen molar-refractivity contribution in [2.45, 2.75) is 6.42 Å². The fourth-order valence-electron chi connectivity index (χ4n) is 2.36. The van der Waals surface area contributed by atoms with Crippen molar-refractivity contribution in [2.24, 2.45) is 5.92 Å². The second-order valence-electron chi connectivity index (χ2n) is 5.02. The van der Waals surface area contributed by atoms with Gasteiger partial charge in [0.1, 0.15) is 4.47 Å². The Bertz CT molecular complexity index is 536. The molecule has 108 valence electrons. The Labute approximate surface area is 125 Å². The van der Waals surface area contributed by atoms with Crippen molar-refractivity contribution in [1.82, 2.24) is 10.2 Å². The molecule has 2 rings (SSSR count). The average Bonchev–Trinajstić information content (AvgIpc) is 2.81. The summed E-state index contributed by atoms with van der Waals surface area (Å²) in [6.45, 7) is 2.61. The summed E-state index contributed by atoms with van der Waals surface area (Å²) in [6, 6.07) is 4.46. The molecule has 1 heterocycles. The smallest absolute Gasteiger partial charge is 0.284 e. The van der Waals surface area contributed by atoms with Crippen LogP contribution in [-0.4, -0.2) is 42.4 Å². The van der Waals surface area contributed by atoms with Crippen LogP contribution in [0.1, 0.15) is 16.8 Å². The van der Waals surface area contributed by atoms with Crippen LogP contribution < -0.4 is 5.32 Å². The molecule has 1 aromatic rings. The zero-order valence-corrected chi connectivity index (χ0v) is 12.7. The predicted molar refractivity (Wildman–Crippen MR) is 78.7 cm³/mol. The number of nitrogens with one attached hydrogen (secondary N) is 1. The quantitative estimate of drug-likeness (QED) is 0.671. The number of amides is 1. The molecule has 1 unspecified atom stereocenters. The highest BCUT2D eigenvalue weighted by atomic mass is 79.9. The van der Waals surface area contributed by atoms with Crippen LogP contribution in [0.15, 0.2) is 22.7 Å². The molecular formula is C13H16BrN3O3. The number of nitro benzene ring substituents is 1. The van der Waals surface area contributed by atoms with Crippen molar-refractivity contribution in [3.05, 3.63) is 38.3 Å². The van der Waals surface area contributed by atoms with Crippen LogP contribution in [0.3, 0.4) is 0 Å². The molecule has 0 radical (unpaired) electrons. The highest BCUT2D eigenvalue weighted by molar-refractivity contribution is 9.10. The van der Waals surface area contributed by atoms with E-state index in [1.54, 1.807) is 6.07 Å². The van der Waals surface area contributed by atoms with Gasteiger partial charge in [0, 0.05) is 19.2 Å². The van der Waals surface area contributed by atoms with E-state index in [1.165, 1.54) is 12.1 Å². The van der Waals surface area contributed by atoms with Crippen molar-refractivity contribution in [2.75, 3.05) is 26.7 Å². The monoisotopic (exact) mass is 341 g/mol. The molecule has 1 fully saturated rings. The molecule has 7 heteroatoms. The normalized spacial score (nSPS) is 19.0. The van der Waals surface area contributed by atoms with Gasteiger partial charge in [0.05, 0.1) is 10.5 Å². The first-order chi connectivity index (χ1) is 9.49. The Kier molecular flexibility index (Phi) is 4.72. The lowest BCUT2D eigenvalue weighted by Crippen LogP contribution is -2.30. The van der Waals surface area contributed by atoms with E-state index < -0.39 is 4.92 Å². The minimum Gasteiger partial charge on any atom is -0.352 e. The molecule has 1 aromatic carbocycles. The number of nitro groups is 1. The maximum atomic E-state index is 12.1. The third kappa shape index (κ3) is 3.34. The van der Waals surface area contributed by atoms with Gasteiger partial charge in [0.25, 0.3) is 11.6 Å². The van der Waals surface area contributed by atoms with Gasteiger partial charge in [-0.1, -0.05) is 6.07 Å². The van der Waals surface area contributed by atoms with E-state index in [9.17, 15) is 14.9 Å². The average molecular weight is 342 g/mol. The van der Waals surface area contributed by atoms with Crippen LogP contribution in [0.5, 0.6) is 0 Å². The van der Waals surface area contributed by atoms with Crippen molar-refractivity contribution >= 4 is 27.5 Å². The first kappa shape index (κ1) is 14.9. The summed E-state index contributed by atoms with van der Waals surface area (Å²) in [7, 11) is 2.05. The number of halogens is 1. The maximum absolute atomic E-state index is 12.1. The van der Waals surface area contributed by atoms with Gasteiger partial charge in [-0.3, -0.25) is 14.9 Å². The summed E-state index contributed by atoms with van der Waals surface area (Å²) >= 11 is 3.13. The third-order valence-corrected chi connectivity index (χ3v) is 4.29. The van der Waals surface area contributed by atoms with E-state index in [-0.39, 0.29) is 16.1 Å².